The molecule has 2 nitrogen and oxygen atoms in total. The first-order chi connectivity index (χ1) is 12.7. The summed E-state index contributed by atoms with van der Waals surface area (Å²) in [4.78, 5) is 0. The second-order valence-electron chi connectivity index (χ2n) is 6.78. The van der Waals surface area contributed by atoms with Gasteiger partial charge in [0.25, 0.3) is 0 Å². The second-order valence-corrected chi connectivity index (χ2v) is 7.60. The maximum absolute atomic E-state index is 13.8. The van der Waals surface area contributed by atoms with E-state index < -0.39 is 17.6 Å². The van der Waals surface area contributed by atoms with Crippen LogP contribution in [0, 0.1) is 11.7 Å². The topological polar surface area (TPSA) is 38.0 Å². The van der Waals surface area contributed by atoms with Crippen LogP contribution < -0.4 is 11.1 Å². The van der Waals surface area contributed by atoms with E-state index in [9.17, 15) is 17.6 Å². The molecular formula is C19H18Cl2F4N2. The molecule has 1 fully saturated rings. The number of rotatable bonds is 4. The number of hydrogen-bond donors (Lipinski definition) is 2. The molecular weight excluding hydrogens is 403 g/mol. The summed E-state index contributed by atoms with van der Waals surface area (Å²) >= 11 is 12.1. The molecule has 0 amide bonds. The van der Waals surface area contributed by atoms with Gasteiger partial charge in [0.15, 0.2) is 0 Å². The summed E-state index contributed by atoms with van der Waals surface area (Å²) in [5.74, 6) is -1.15. The Balaban J connectivity index is 1.76. The third-order valence-corrected chi connectivity index (χ3v) is 5.73. The lowest BCUT2D eigenvalue weighted by Crippen LogP contribution is -2.36. The van der Waals surface area contributed by atoms with E-state index in [0.29, 0.717) is 28.7 Å². The van der Waals surface area contributed by atoms with Crippen LogP contribution in [-0.2, 0) is 12.6 Å². The van der Waals surface area contributed by atoms with Gasteiger partial charge in [-0.2, -0.15) is 13.2 Å². The van der Waals surface area contributed by atoms with E-state index in [0.717, 1.165) is 17.7 Å². The summed E-state index contributed by atoms with van der Waals surface area (Å²) in [6.45, 7) is 1.37. The van der Waals surface area contributed by atoms with Gasteiger partial charge in [-0.15, -0.1) is 0 Å². The lowest BCUT2D eigenvalue weighted by Gasteiger charge is -2.26. The summed E-state index contributed by atoms with van der Waals surface area (Å²) in [6, 6.07) is 8.03. The van der Waals surface area contributed by atoms with Gasteiger partial charge in [0.2, 0.25) is 0 Å². The minimum atomic E-state index is -4.71. The highest BCUT2D eigenvalue weighted by atomic mass is 35.5. The third-order valence-electron chi connectivity index (χ3n) is 4.99. The molecule has 3 N–H and O–H groups in total. The Morgan fingerprint density at radius 3 is 2.44 bits per heavy atom. The highest BCUT2D eigenvalue weighted by Gasteiger charge is 2.35. The fraction of sp³-hybridized carbons (Fsp3) is 0.368. The van der Waals surface area contributed by atoms with E-state index in [2.05, 4.69) is 5.32 Å². The molecule has 0 saturated carbocycles. The van der Waals surface area contributed by atoms with Crippen LogP contribution in [0.3, 0.4) is 0 Å². The molecule has 27 heavy (non-hydrogen) atoms. The standard InChI is InChI=1S/C19H18Cl2F4N2/c20-15-4-2-11(7-16(15)21)12-8-27-9-13(12)18(26)6-10-1-3-14(17(22)5-10)19(23,24)25/h1-5,7,12-13,18,27H,6,8-9,26H2. The van der Waals surface area contributed by atoms with E-state index in [1.807, 2.05) is 6.07 Å². The number of nitrogens with one attached hydrogen (secondary N) is 1. The molecule has 0 aliphatic carbocycles. The van der Waals surface area contributed by atoms with E-state index in [-0.39, 0.29) is 24.3 Å². The first-order valence-corrected chi connectivity index (χ1v) is 9.19. The van der Waals surface area contributed by atoms with E-state index in [4.69, 9.17) is 28.9 Å². The molecule has 0 spiro atoms. The Morgan fingerprint density at radius 1 is 1.07 bits per heavy atom. The fourth-order valence-corrected chi connectivity index (χ4v) is 3.90. The van der Waals surface area contributed by atoms with Crippen molar-refractivity contribution in [2.45, 2.75) is 24.6 Å². The molecule has 0 radical (unpaired) electrons. The summed E-state index contributed by atoms with van der Waals surface area (Å²) in [7, 11) is 0. The maximum Gasteiger partial charge on any atom is 0.419 e. The van der Waals surface area contributed by atoms with Gasteiger partial charge in [0.1, 0.15) is 5.82 Å². The Morgan fingerprint density at radius 2 is 1.81 bits per heavy atom. The molecule has 3 atom stereocenters. The number of alkyl halides is 3. The number of hydrogen-bond acceptors (Lipinski definition) is 2. The average Bonchev–Trinajstić information content (AvgIpc) is 3.06. The predicted octanol–water partition coefficient (Wildman–Crippen LogP) is 5.02. The number of nitrogens with two attached hydrogens (primary N) is 1. The fourth-order valence-electron chi connectivity index (χ4n) is 3.60. The minimum Gasteiger partial charge on any atom is -0.327 e. The zero-order valence-corrected chi connectivity index (χ0v) is 15.7. The smallest absolute Gasteiger partial charge is 0.327 e. The molecule has 8 heteroatoms. The summed E-state index contributed by atoms with van der Waals surface area (Å²) < 4.78 is 51.9. The normalized spacial score (nSPS) is 21.4. The highest BCUT2D eigenvalue weighted by Crippen LogP contribution is 2.35. The van der Waals surface area contributed by atoms with Gasteiger partial charge >= 0.3 is 6.18 Å². The molecule has 146 valence electrons. The monoisotopic (exact) mass is 420 g/mol. The van der Waals surface area contributed by atoms with Crippen LogP contribution in [0.1, 0.15) is 22.6 Å². The van der Waals surface area contributed by atoms with Crippen molar-refractivity contribution < 1.29 is 17.6 Å². The third kappa shape index (κ3) is 4.57. The van der Waals surface area contributed by atoms with Gasteiger partial charge in [-0.1, -0.05) is 35.3 Å². The molecule has 1 aliphatic heterocycles. The van der Waals surface area contributed by atoms with Gasteiger partial charge in [0, 0.05) is 25.0 Å². The lowest BCUT2D eigenvalue weighted by atomic mass is 9.82. The summed E-state index contributed by atoms with van der Waals surface area (Å²) in [5.41, 5.74) is 6.50. The largest absolute Gasteiger partial charge is 0.419 e. The van der Waals surface area contributed by atoms with Crippen LogP contribution in [0.5, 0.6) is 0 Å². The molecule has 3 unspecified atom stereocenters. The van der Waals surface area contributed by atoms with Crippen LogP contribution in [0.2, 0.25) is 10.0 Å². The SMILES string of the molecule is NC(Cc1ccc(C(F)(F)F)c(F)c1)C1CNCC1c1ccc(Cl)c(Cl)c1. The van der Waals surface area contributed by atoms with Crippen molar-refractivity contribution in [3.8, 4) is 0 Å². The van der Waals surface area contributed by atoms with Crippen LogP contribution in [0.25, 0.3) is 0 Å². The lowest BCUT2D eigenvalue weighted by molar-refractivity contribution is -0.140. The average molecular weight is 421 g/mol. The molecule has 1 heterocycles. The van der Waals surface area contributed by atoms with Gasteiger partial charge in [-0.25, -0.2) is 4.39 Å². The van der Waals surface area contributed by atoms with Gasteiger partial charge in [-0.05, 0) is 47.7 Å². The van der Waals surface area contributed by atoms with E-state index >= 15 is 0 Å². The molecule has 0 bridgehead atoms. The first kappa shape index (κ1) is 20.4. The van der Waals surface area contributed by atoms with Gasteiger partial charge in [0.05, 0.1) is 15.6 Å². The molecule has 3 rings (SSSR count). The molecule has 0 aromatic heterocycles. The highest BCUT2D eigenvalue weighted by molar-refractivity contribution is 6.42. The van der Waals surface area contributed by atoms with Crippen LogP contribution in [0.15, 0.2) is 36.4 Å². The second kappa shape index (κ2) is 7.95. The first-order valence-electron chi connectivity index (χ1n) is 8.43. The zero-order valence-electron chi connectivity index (χ0n) is 14.2. The van der Waals surface area contributed by atoms with Crippen molar-refractivity contribution in [2.24, 2.45) is 11.7 Å². The molecule has 1 saturated heterocycles. The molecule has 2 aromatic rings. The maximum atomic E-state index is 13.8. The Hall–Kier alpha value is -1.34. The minimum absolute atomic E-state index is 0.0348. The van der Waals surface area contributed by atoms with Crippen molar-refractivity contribution in [3.05, 3.63) is 69.0 Å². The number of benzene rings is 2. The van der Waals surface area contributed by atoms with Gasteiger partial charge in [-0.3, -0.25) is 0 Å². The van der Waals surface area contributed by atoms with Crippen LogP contribution in [0.4, 0.5) is 17.6 Å². The molecule has 1 aliphatic rings. The quantitative estimate of drug-likeness (QED) is 0.681. The van der Waals surface area contributed by atoms with Crippen LogP contribution in [-0.4, -0.2) is 19.1 Å². The molecule has 2 aromatic carbocycles. The Bertz CT molecular complexity index is 826. The van der Waals surface area contributed by atoms with Gasteiger partial charge < -0.3 is 11.1 Å². The Kier molecular flexibility index (Phi) is 6.01. The van der Waals surface area contributed by atoms with Crippen LogP contribution >= 0.6 is 23.2 Å². The zero-order chi connectivity index (χ0) is 19.8. The van der Waals surface area contributed by atoms with Crippen molar-refractivity contribution in [1.82, 2.24) is 5.32 Å². The van der Waals surface area contributed by atoms with Crippen molar-refractivity contribution in [3.63, 3.8) is 0 Å². The van der Waals surface area contributed by atoms with Crippen molar-refractivity contribution in [1.29, 1.82) is 0 Å². The Labute approximate surface area is 164 Å². The van der Waals surface area contributed by atoms with E-state index in [1.54, 1.807) is 12.1 Å². The van der Waals surface area contributed by atoms with E-state index in [1.165, 1.54) is 6.07 Å². The summed E-state index contributed by atoms with van der Waals surface area (Å²) in [5, 5.41) is 4.21. The predicted molar refractivity (Wildman–Crippen MR) is 98.6 cm³/mol. The van der Waals surface area contributed by atoms with Crippen molar-refractivity contribution in [2.75, 3.05) is 13.1 Å². The number of halogens is 6. The summed E-state index contributed by atoms with van der Waals surface area (Å²) in [6.07, 6.45) is -4.43. The van der Waals surface area contributed by atoms with Crippen molar-refractivity contribution >= 4 is 23.2 Å².